The van der Waals surface area contributed by atoms with E-state index in [0.717, 1.165) is 17.7 Å². The van der Waals surface area contributed by atoms with Crippen molar-refractivity contribution in [3.05, 3.63) is 35.1 Å². The normalized spacial score (nSPS) is 21.9. The summed E-state index contributed by atoms with van der Waals surface area (Å²) in [5, 5.41) is 8.07. The molecule has 2 aliphatic rings. The van der Waals surface area contributed by atoms with Gasteiger partial charge < -0.3 is 10.6 Å². The Morgan fingerprint density at radius 2 is 2.18 bits per heavy atom. The standard InChI is InChI=1S/C16H21N3O3/c1-3-10-9-11(17-2)5-4-6-12(10)15(21)18-13-7-8-14(20)19-16(13)22/h4,6,9,13,17H,3,5,7-8H2,1-2H3,(H,18,21)(H,19,20,22). The van der Waals surface area contributed by atoms with Crippen LogP contribution in [-0.2, 0) is 14.4 Å². The second-order valence-corrected chi connectivity index (χ2v) is 5.30. The predicted molar refractivity (Wildman–Crippen MR) is 82.5 cm³/mol. The zero-order valence-electron chi connectivity index (χ0n) is 12.9. The Balaban J connectivity index is 2.16. The molecule has 3 amide bonds. The SMILES string of the molecule is CCC1=C(C(=O)NC2CCC(=O)NC2=O)C=CCC(NC)=C1. The molecule has 1 atom stereocenters. The van der Waals surface area contributed by atoms with Crippen molar-refractivity contribution in [2.75, 3.05) is 7.05 Å². The minimum absolute atomic E-state index is 0.246. The van der Waals surface area contributed by atoms with Crippen molar-refractivity contribution in [1.29, 1.82) is 0 Å². The van der Waals surface area contributed by atoms with E-state index in [4.69, 9.17) is 0 Å². The van der Waals surface area contributed by atoms with E-state index in [1.165, 1.54) is 0 Å². The molecule has 6 nitrogen and oxygen atoms in total. The third kappa shape index (κ3) is 3.63. The molecule has 1 fully saturated rings. The van der Waals surface area contributed by atoms with Gasteiger partial charge in [0.1, 0.15) is 6.04 Å². The number of imide groups is 1. The summed E-state index contributed by atoms with van der Waals surface area (Å²) in [4.78, 5) is 35.4. The zero-order chi connectivity index (χ0) is 16.1. The predicted octanol–water partition coefficient (Wildman–Crippen LogP) is 0.678. The third-order valence-corrected chi connectivity index (χ3v) is 3.81. The Kier molecular flexibility index (Phi) is 5.14. The Labute approximate surface area is 129 Å². The second-order valence-electron chi connectivity index (χ2n) is 5.30. The summed E-state index contributed by atoms with van der Waals surface area (Å²) in [6.45, 7) is 1.98. The third-order valence-electron chi connectivity index (χ3n) is 3.81. The van der Waals surface area contributed by atoms with Gasteiger partial charge in [0.2, 0.25) is 11.8 Å². The average Bonchev–Trinajstić information content (AvgIpc) is 2.71. The van der Waals surface area contributed by atoms with E-state index in [2.05, 4.69) is 16.0 Å². The van der Waals surface area contributed by atoms with E-state index < -0.39 is 11.9 Å². The highest BCUT2D eigenvalue weighted by Crippen LogP contribution is 2.19. The van der Waals surface area contributed by atoms with Crippen LogP contribution in [0.2, 0.25) is 0 Å². The number of carbonyl (C=O) groups excluding carboxylic acids is 3. The molecule has 1 aliphatic heterocycles. The van der Waals surface area contributed by atoms with Crippen molar-refractivity contribution in [3.8, 4) is 0 Å². The van der Waals surface area contributed by atoms with Gasteiger partial charge in [0.05, 0.1) is 0 Å². The van der Waals surface area contributed by atoms with Crippen LogP contribution in [0.25, 0.3) is 0 Å². The summed E-state index contributed by atoms with van der Waals surface area (Å²) >= 11 is 0. The molecule has 0 spiro atoms. The van der Waals surface area contributed by atoms with E-state index in [0.29, 0.717) is 18.4 Å². The van der Waals surface area contributed by atoms with E-state index in [9.17, 15) is 14.4 Å². The number of amides is 3. The molecule has 2 rings (SSSR count). The van der Waals surface area contributed by atoms with E-state index in [1.807, 2.05) is 26.1 Å². The molecule has 118 valence electrons. The monoisotopic (exact) mass is 303 g/mol. The van der Waals surface area contributed by atoms with Crippen LogP contribution in [0, 0.1) is 0 Å². The number of allylic oxidation sites excluding steroid dienone is 3. The quantitative estimate of drug-likeness (QED) is 0.666. The minimum atomic E-state index is -0.653. The summed E-state index contributed by atoms with van der Waals surface area (Å²) in [6, 6.07) is -0.653. The molecule has 22 heavy (non-hydrogen) atoms. The smallest absolute Gasteiger partial charge is 0.252 e. The molecular formula is C16H21N3O3. The lowest BCUT2D eigenvalue weighted by atomic mass is 10.0. The Morgan fingerprint density at radius 1 is 1.41 bits per heavy atom. The fraction of sp³-hybridized carbons (Fsp3) is 0.438. The summed E-state index contributed by atoms with van der Waals surface area (Å²) in [6.07, 6.45) is 7.72. The maximum absolute atomic E-state index is 12.5. The van der Waals surface area contributed by atoms with Crippen molar-refractivity contribution in [2.24, 2.45) is 0 Å². The number of carbonyl (C=O) groups is 3. The highest BCUT2D eigenvalue weighted by molar-refractivity contribution is 6.04. The van der Waals surface area contributed by atoms with Crippen LogP contribution in [0.15, 0.2) is 35.1 Å². The Hall–Kier alpha value is -2.37. The Morgan fingerprint density at radius 3 is 2.82 bits per heavy atom. The van der Waals surface area contributed by atoms with Gasteiger partial charge in [0.25, 0.3) is 5.91 Å². The average molecular weight is 303 g/mol. The lowest BCUT2D eigenvalue weighted by molar-refractivity contribution is -0.136. The molecule has 0 bridgehead atoms. The van der Waals surface area contributed by atoms with E-state index in [1.54, 1.807) is 6.08 Å². The van der Waals surface area contributed by atoms with Crippen molar-refractivity contribution in [3.63, 3.8) is 0 Å². The maximum Gasteiger partial charge on any atom is 0.252 e. The van der Waals surface area contributed by atoms with Gasteiger partial charge in [-0.3, -0.25) is 19.7 Å². The summed E-state index contributed by atoms with van der Waals surface area (Å²) in [7, 11) is 1.85. The molecule has 1 unspecified atom stereocenters. The van der Waals surface area contributed by atoms with Gasteiger partial charge in [-0.25, -0.2) is 0 Å². The van der Waals surface area contributed by atoms with Crippen LogP contribution in [0.4, 0.5) is 0 Å². The molecular weight excluding hydrogens is 282 g/mol. The van der Waals surface area contributed by atoms with Gasteiger partial charge >= 0.3 is 0 Å². The molecule has 0 aromatic heterocycles. The number of hydrogen-bond acceptors (Lipinski definition) is 4. The van der Waals surface area contributed by atoms with E-state index in [-0.39, 0.29) is 18.2 Å². The van der Waals surface area contributed by atoms with E-state index >= 15 is 0 Å². The van der Waals surface area contributed by atoms with Gasteiger partial charge in [-0.2, -0.15) is 0 Å². The highest BCUT2D eigenvalue weighted by Gasteiger charge is 2.28. The molecule has 1 saturated heterocycles. The number of piperidine rings is 1. The summed E-state index contributed by atoms with van der Waals surface area (Å²) < 4.78 is 0. The van der Waals surface area contributed by atoms with Crippen molar-refractivity contribution >= 4 is 17.7 Å². The molecule has 6 heteroatoms. The summed E-state index contributed by atoms with van der Waals surface area (Å²) in [5.74, 6) is -1.01. The van der Waals surface area contributed by atoms with Crippen LogP contribution >= 0.6 is 0 Å². The highest BCUT2D eigenvalue weighted by atomic mass is 16.2. The molecule has 0 radical (unpaired) electrons. The first-order valence-corrected chi connectivity index (χ1v) is 7.47. The van der Waals surface area contributed by atoms with Crippen molar-refractivity contribution in [2.45, 2.75) is 38.6 Å². The number of hydrogen-bond donors (Lipinski definition) is 3. The fourth-order valence-corrected chi connectivity index (χ4v) is 2.51. The zero-order valence-corrected chi connectivity index (χ0v) is 12.9. The van der Waals surface area contributed by atoms with Gasteiger partial charge in [-0.15, -0.1) is 0 Å². The largest absolute Gasteiger partial charge is 0.391 e. The molecule has 1 aliphatic carbocycles. The first-order valence-electron chi connectivity index (χ1n) is 7.47. The molecule has 0 saturated carbocycles. The van der Waals surface area contributed by atoms with Crippen molar-refractivity contribution < 1.29 is 14.4 Å². The molecule has 3 N–H and O–H groups in total. The Bertz CT molecular complexity index is 587. The first-order chi connectivity index (χ1) is 10.5. The minimum Gasteiger partial charge on any atom is -0.391 e. The maximum atomic E-state index is 12.5. The van der Waals surface area contributed by atoms with Crippen LogP contribution in [0.3, 0.4) is 0 Å². The lowest BCUT2D eigenvalue weighted by Gasteiger charge is -2.22. The van der Waals surface area contributed by atoms with Gasteiger partial charge in [0, 0.05) is 31.2 Å². The molecule has 0 aromatic carbocycles. The fourth-order valence-electron chi connectivity index (χ4n) is 2.51. The van der Waals surface area contributed by atoms with Gasteiger partial charge in [0.15, 0.2) is 0 Å². The van der Waals surface area contributed by atoms with Gasteiger partial charge in [-0.05, 0) is 24.5 Å². The number of rotatable bonds is 4. The van der Waals surface area contributed by atoms with Crippen LogP contribution in [-0.4, -0.2) is 30.8 Å². The first kappa shape index (κ1) is 16.0. The van der Waals surface area contributed by atoms with Gasteiger partial charge in [-0.1, -0.05) is 19.1 Å². The topological polar surface area (TPSA) is 87.3 Å². The number of nitrogens with one attached hydrogen (secondary N) is 3. The lowest BCUT2D eigenvalue weighted by Crippen LogP contribution is -2.52. The van der Waals surface area contributed by atoms with Crippen LogP contribution in [0.1, 0.15) is 32.6 Å². The summed E-state index contributed by atoms with van der Waals surface area (Å²) in [5.41, 5.74) is 2.53. The molecule has 0 aromatic rings. The van der Waals surface area contributed by atoms with Crippen LogP contribution in [0.5, 0.6) is 0 Å². The van der Waals surface area contributed by atoms with Crippen LogP contribution < -0.4 is 16.0 Å². The van der Waals surface area contributed by atoms with Crippen molar-refractivity contribution in [1.82, 2.24) is 16.0 Å². The second kappa shape index (κ2) is 7.06. The molecule has 1 heterocycles.